The molecule has 0 aliphatic heterocycles. The molecule has 1 aromatic carbocycles. The summed E-state index contributed by atoms with van der Waals surface area (Å²) < 4.78 is 1.62. The standard InChI is InChI=1S/C10H10N4O2S/c1-6(15)11-7-2-4-8(5-3-7)14-9(16)12-13-10(14)17/h2-5H,1H3,(H,11,15)(H,12,16)(H,13,17). The second-order valence-corrected chi connectivity index (χ2v) is 3.81. The van der Waals surface area contributed by atoms with Gasteiger partial charge in [-0.15, -0.1) is 0 Å². The Morgan fingerprint density at radius 3 is 2.41 bits per heavy atom. The number of rotatable bonds is 2. The number of anilines is 1. The molecular formula is C10H10N4O2S. The SMILES string of the molecule is CC(=O)Nc1ccc(-n2c(=O)[nH][nH]c2=S)cc1. The zero-order valence-corrected chi connectivity index (χ0v) is 9.80. The van der Waals surface area contributed by atoms with Crippen LogP contribution in [-0.4, -0.2) is 20.7 Å². The van der Waals surface area contributed by atoms with Crippen LogP contribution in [-0.2, 0) is 4.79 Å². The minimum atomic E-state index is -0.331. The Hall–Kier alpha value is -2.15. The number of hydrogen-bond acceptors (Lipinski definition) is 3. The summed E-state index contributed by atoms with van der Waals surface area (Å²) in [7, 11) is 0. The van der Waals surface area contributed by atoms with Gasteiger partial charge < -0.3 is 5.32 Å². The minimum absolute atomic E-state index is 0.145. The molecule has 0 radical (unpaired) electrons. The van der Waals surface area contributed by atoms with E-state index in [4.69, 9.17) is 12.2 Å². The quantitative estimate of drug-likeness (QED) is 0.700. The van der Waals surface area contributed by atoms with E-state index in [-0.39, 0.29) is 11.6 Å². The summed E-state index contributed by atoms with van der Waals surface area (Å²) in [5, 5.41) is 7.58. The van der Waals surface area contributed by atoms with Crippen molar-refractivity contribution in [3.8, 4) is 5.69 Å². The normalized spacial score (nSPS) is 10.2. The maximum Gasteiger partial charge on any atom is 0.347 e. The Kier molecular flexibility index (Phi) is 2.92. The van der Waals surface area contributed by atoms with Crippen LogP contribution in [0, 0.1) is 4.77 Å². The predicted molar refractivity (Wildman–Crippen MR) is 65.9 cm³/mol. The lowest BCUT2D eigenvalue weighted by atomic mass is 10.3. The van der Waals surface area contributed by atoms with Gasteiger partial charge in [0, 0.05) is 12.6 Å². The first-order valence-electron chi connectivity index (χ1n) is 4.85. The fourth-order valence-corrected chi connectivity index (χ4v) is 1.68. The molecule has 0 bridgehead atoms. The van der Waals surface area contributed by atoms with Crippen molar-refractivity contribution in [1.82, 2.24) is 14.8 Å². The van der Waals surface area contributed by atoms with Crippen LogP contribution in [0.5, 0.6) is 0 Å². The third kappa shape index (κ3) is 2.34. The largest absolute Gasteiger partial charge is 0.347 e. The first kappa shape index (κ1) is 11.3. The number of nitrogens with zero attached hydrogens (tertiary/aromatic N) is 1. The van der Waals surface area contributed by atoms with Crippen LogP contribution in [0.3, 0.4) is 0 Å². The second-order valence-electron chi connectivity index (χ2n) is 3.42. The molecule has 1 heterocycles. The Morgan fingerprint density at radius 2 is 1.94 bits per heavy atom. The van der Waals surface area contributed by atoms with E-state index in [9.17, 15) is 9.59 Å². The van der Waals surface area contributed by atoms with Gasteiger partial charge in [-0.2, -0.15) is 0 Å². The van der Waals surface area contributed by atoms with Crippen LogP contribution < -0.4 is 11.0 Å². The lowest BCUT2D eigenvalue weighted by Gasteiger charge is -2.04. The molecule has 0 spiro atoms. The Bertz CT molecular complexity index is 622. The van der Waals surface area contributed by atoms with E-state index in [1.807, 2.05) is 0 Å². The summed E-state index contributed by atoms with van der Waals surface area (Å²) in [6, 6.07) is 6.80. The van der Waals surface area contributed by atoms with Crippen molar-refractivity contribution in [2.45, 2.75) is 6.92 Å². The fraction of sp³-hybridized carbons (Fsp3) is 0.100. The van der Waals surface area contributed by atoms with Crippen molar-refractivity contribution in [3.63, 3.8) is 0 Å². The van der Waals surface area contributed by atoms with Gasteiger partial charge in [-0.05, 0) is 36.5 Å². The van der Waals surface area contributed by atoms with Gasteiger partial charge in [0.1, 0.15) is 0 Å². The van der Waals surface area contributed by atoms with Gasteiger partial charge in [-0.25, -0.2) is 14.5 Å². The molecule has 1 aromatic heterocycles. The number of aromatic amines is 2. The first-order chi connectivity index (χ1) is 8.08. The lowest BCUT2D eigenvalue weighted by Crippen LogP contribution is -2.14. The van der Waals surface area contributed by atoms with Crippen molar-refractivity contribution in [1.29, 1.82) is 0 Å². The number of amides is 1. The number of benzene rings is 1. The highest BCUT2D eigenvalue weighted by atomic mass is 32.1. The van der Waals surface area contributed by atoms with E-state index in [1.54, 1.807) is 24.3 Å². The van der Waals surface area contributed by atoms with E-state index in [0.29, 0.717) is 16.1 Å². The van der Waals surface area contributed by atoms with Crippen molar-refractivity contribution < 1.29 is 4.79 Å². The molecule has 7 heteroatoms. The molecule has 0 aliphatic rings. The maximum atomic E-state index is 11.4. The summed E-state index contributed by atoms with van der Waals surface area (Å²) in [5.74, 6) is -0.145. The molecule has 3 N–H and O–H groups in total. The molecule has 0 atom stereocenters. The van der Waals surface area contributed by atoms with Crippen LogP contribution in [0.25, 0.3) is 5.69 Å². The van der Waals surface area contributed by atoms with Gasteiger partial charge in [-0.3, -0.25) is 9.89 Å². The zero-order valence-electron chi connectivity index (χ0n) is 8.98. The summed E-state index contributed by atoms with van der Waals surface area (Å²) in [6.45, 7) is 1.43. The monoisotopic (exact) mass is 250 g/mol. The Morgan fingerprint density at radius 1 is 1.29 bits per heavy atom. The van der Waals surface area contributed by atoms with Gasteiger partial charge in [0.05, 0.1) is 5.69 Å². The average molecular weight is 250 g/mol. The van der Waals surface area contributed by atoms with Gasteiger partial charge in [-0.1, -0.05) is 0 Å². The fourth-order valence-electron chi connectivity index (χ4n) is 1.44. The van der Waals surface area contributed by atoms with Gasteiger partial charge >= 0.3 is 5.69 Å². The number of carbonyl (C=O) groups excluding carboxylic acids is 1. The zero-order chi connectivity index (χ0) is 12.4. The Labute approximate surface area is 101 Å². The molecule has 88 valence electrons. The first-order valence-corrected chi connectivity index (χ1v) is 5.26. The molecule has 0 fully saturated rings. The summed E-state index contributed by atoms with van der Waals surface area (Å²) in [4.78, 5) is 22.3. The molecule has 17 heavy (non-hydrogen) atoms. The van der Waals surface area contributed by atoms with E-state index < -0.39 is 0 Å². The highest BCUT2D eigenvalue weighted by molar-refractivity contribution is 7.71. The van der Waals surface area contributed by atoms with Gasteiger partial charge in [0.2, 0.25) is 10.7 Å². The maximum absolute atomic E-state index is 11.4. The summed E-state index contributed by atoms with van der Waals surface area (Å²) in [5.41, 5.74) is 0.966. The highest BCUT2D eigenvalue weighted by Gasteiger charge is 2.03. The molecule has 2 rings (SSSR count). The Balaban J connectivity index is 2.39. The van der Waals surface area contributed by atoms with E-state index in [0.717, 1.165) is 0 Å². The number of H-pyrrole nitrogens is 2. The van der Waals surface area contributed by atoms with E-state index in [2.05, 4.69) is 15.5 Å². The van der Waals surface area contributed by atoms with Crippen LogP contribution in [0.15, 0.2) is 29.1 Å². The van der Waals surface area contributed by atoms with Crippen molar-refractivity contribution in [2.24, 2.45) is 0 Å². The van der Waals surface area contributed by atoms with Crippen molar-refractivity contribution in [3.05, 3.63) is 39.5 Å². The van der Waals surface area contributed by atoms with Crippen LogP contribution in [0.2, 0.25) is 0 Å². The summed E-state index contributed by atoms with van der Waals surface area (Å²) in [6.07, 6.45) is 0. The highest BCUT2D eigenvalue weighted by Crippen LogP contribution is 2.11. The second kappa shape index (κ2) is 4.38. The number of aromatic nitrogens is 3. The molecule has 0 saturated carbocycles. The summed E-state index contributed by atoms with van der Waals surface area (Å²) >= 11 is 4.96. The number of hydrogen-bond donors (Lipinski definition) is 3. The lowest BCUT2D eigenvalue weighted by molar-refractivity contribution is -0.114. The molecule has 2 aromatic rings. The van der Waals surface area contributed by atoms with Crippen LogP contribution in [0.1, 0.15) is 6.92 Å². The smallest absolute Gasteiger partial charge is 0.326 e. The van der Waals surface area contributed by atoms with E-state index in [1.165, 1.54) is 11.5 Å². The molecule has 0 saturated heterocycles. The molecule has 6 nitrogen and oxygen atoms in total. The van der Waals surface area contributed by atoms with Gasteiger partial charge in [0.25, 0.3) is 0 Å². The topological polar surface area (TPSA) is 82.7 Å². The average Bonchev–Trinajstić information content (AvgIpc) is 2.59. The minimum Gasteiger partial charge on any atom is -0.326 e. The molecule has 0 unspecified atom stereocenters. The number of nitrogens with one attached hydrogen (secondary N) is 3. The van der Waals surface area contributed by atoms with E-state index >= 15 is 0 Å². The molecule has 1 amide bonds. The molecular weight excluding hydrogens is 240 g/mol. The number of carbonyl (C=O) groups is 1. The molecule has 0 aliphatic carbocycles. The third-order valence-corrected chi connectivity index (χ3v) is 2.41. The van der Waals surface area contributed by atoms with Crippen molar-refractivity contribution in [2.75, 3.05) is 5.32 Å². The van der Waals surface area contributed by atoms with Crippen LogP contribution >= 0.6 is 12.2 Å². The van der Waals surface area contributed by atoms with Crippen LogP contribution in [0.4, 0.5) is 5.69 Å². The predicted octanol–water partition coefficient (Wildman–Crippen LogP) is 1.18. The third-order valence-electron chi connectivity index (χ3n) is 2.13. The van der Waals surface area contributed by atoms with Crippen molar-refractivity contribution >= 4 is 23.8 Å². The van der Waals surface area contributed by atoms with Gasteiger partial charge in [0.15, 0.2) is 0 Å².